The summed E-state index contributed by atoms with van der Waals surface area (Å²) in [7, 11) is 0. The number of nitro benzene ring substituents is 2. The van der Waals surface area contributed by atoms with Crippen LogP contribution in [0, 0.1) is 20.2 Å². The minimum Gasteiger partial charge on any atom is -0.258 e. The average Bonchev–Trinajstić information content (AvgIpc) is 3.51. The first kappa shape index (κ1) is 23.4. The Morgan fingerprint density at radius 1 is 0.676 bits per heavy atom. The third-order valence-electron chi connectivity index (χ3n) is 4.63. The monoisotopic (exact) mass is 498 g/mol. The number of hydrogen-bond acceptors (Lipinski definition) is 10. The van der Waals surface area contributed by atoms with Crippen LogP contribution in [0.4, 0.5) is 11.4 Å². The number of nitro groups is 2. The maximum Gasteiger partial charge on any atom is 0.269 e. The van der Waals surface area contributed by atoms with Crippen molar-refractivity contribution in [2.24, 2.45) is 0 Å². The summed E-state index contributed by atoms with van der Waals surface area (Å²) < 4.78 is 0. The second-order valence-electron chi connectivity index (χ2n) is 6.95. The van der Waals surface area contributed by atoms with Crippen LogP contribution >= 0.6 is 23.5 Å². The van der Waals surface area contributed by atoms with Crippen LogP contribution in [0.15, 0.2) is 58.8 Å². The normalized spacial score (nSPS) is 10.9. The van der Waals surface area contributed by atoms with E-state index in [9.17, 15) is 20.2 Å². The highest BCUT2D eigenvalue weighted by atomic mass is 32.2. The molecule has 4 aromatic rings. The molecule has 0 aliphatic heterocycles. The fourth-order valence-electron chi connectivity index (χ4n) is 2.89. The van der Waals surface area contributed by atoms with Gasteiger partial charge in [-0.05, 0) is 37.1 Å². The zero-order valence-corrected chi connectivity index (χ0v) is 19.2. The van der Waals surface area contributed by atoms with Gasteiger partial charge < -0.3 is 0 Å². The summed E-state index contributed by atoms with van der Waals surface area (Å²) in [5, 5.41) is 36.9. The number of rotatable bonds is 11. The second kappa shape index (κ2) is 10.9. The van der Waals surface area contributed by atoms with Crippen LogP contribution in [-0.2, 0) is 0 Å². The molecule has 4 rings (SSSR count). The van der Waals surface area contributed by atoms with Crippen LogP contribution in [0.2, 0.25) is 0 Å². The molecule has 0 amide bonds. The largest absolute Gasteiger partial charge is 0.269 e. The Hall–Kier alpha value is -3.78. The third-order valence-corrected chi connectivity index (χ3v) is 6.50. The van der Waals surface area contributed by atoms with Crippen molar-refractivity contribution >= 4 is 34.9 Å². The number of benzene rings is 2. The predicted octanol–water partition coefficient (Wildman–Crippen LogP) is 4.74. The fraction of sp³-hybridized carbons (Fsp3) is 0.200. The molecule has 0 aliphatic rings. The summed E-state index contributed by atoms with van der Waals surface area (Å²) in [5.74, 6) is 2.84. The number of non-ortho nitro benzene ring substituents is 2. The van der Waals surface area contributed by atoms with Crippen molar-refractivity contribution in [2.75, 3.05) is 11.5 Å². The van der Waals surface area contributed by atoms with Gasteiger partial charge in [-0.25, -0.2) is 9.97 Å². The van der Waals surface area contributed by atoms with Gasteiger partial charge in [0, 0.05) is 46.9 Å². The zero-order valence-electron chi connectivity index (χ0n) is 17.6. The number of nitrogens with one attached hydrogen (secondary N) is 2. The maximum absolute atomic E-state index is 10.8. The molecule has 0 atom stereocenters. The first-order valence-electron chi connectivity index (χ1n) is 10.1. The topological polar surface area (TPSA) is 169 Å². The van der Waals surface area contributed by atoms with Gasteiger partial charge in [-0.15, -0.1) is 10.2 Å². The predicted molar refractivity (Wildman–Crippen MR) is 128 cm³/mol. The number of nitrogens with zero attached hydrogens (tertiary/aromatic N) is 6. The van der Waals surface area contributed by atoms with E-state index in [0.29, 0.717) is 22.0 Å². The van der Waals surface area contributed by atoms with E-state index in [4.69, 9.17) is 0 Å². The summed E-state index contributed by atoms with van der Waals surface area (Å²) in [5.41, 5.74) is 1.54. The van der Waals surface area contributed by atoms with E-state index in [1.165, 1.54) is 47.8 Å². The summed E-state index contributed by atoms with van der Waals surface area (Å²) in [4.78, 5) is 29.5. The first-order valence-corrected chi connectivity index (χ1v) is 12.1. The van der Waals surface area contributed by atoms with E-state index in [1.807, 2.05) is 0 Å². The summed E-state index contributed by atoms with van der Waals surface area (Å²) >= 11 is 3.08. The lowest BCUT2D eigenvalue weighted by Crippen LogP contribution is -1.88. The molecule has 0 saturated carbocycles. The van der Waals surface area contributed by atoms with Gasteiger partial charge in [-0.2, -0.15) is 0 Å². The molecular weight excluding hydrogens is 480 g/mol. The van der Waals surface area contributed by atoms with Crippen molar-refractivity contribution in [1.82, 2.24) is 30.4 Å². The average molecular weight is 499 g/mol. The Kier molecular flexibility index (Phi) is 7.49. The van der Waals surface area contributed by atoms with E-state index in [-0.39, 0.29) is 11.4 Å². The fourth-order valence-corrected chi connectivity index (χ4v) is 4.49. The lowest BCUT2D eigenvalue weighted by Gasteiger charge is -1.98. The molecule has 0 saturated heterocycles. The highest BCUT2D eigenvalue weighted by Crippen LogP contribution is 2.24. The van der Waals surface area contributed by atoms with Crippen molar-refractivity contribution in [3.05, 3.63) is 68.8 Å². The second-order valence-corrected chi connectivity index (χ2v) is 9.07. The standard InChI is InChI=1S/C20H18N8O4S2/c29-27(30)15-7-3-13(4-8-15)17-21-19(25-23-17)33-11-1-2-12-34-20-22-18(24-26-20)14-5-9-16(10-6-14)28(31)32/h3-10H,1-2,11-12H2,(H,21,23,25)(H,22,24,26). The van der Waals surface area contributed by atoms with E-state index in [0.717, 1.165) is 35.5 Å². The van der Waals surface area contributed by atoms with Gasteiger partial charge in [-0.1, -0.05) is 23.5 Å². The van der Waals surface area contributed by atoms with Gasteiger partial charge in [0.25, 0.3) is 11.4 Å². The minimum atomic E-state index is -0.441. The Balaban J connectivity index is 1.17. The van der Waals surface area contributed by atoms with Gasteiger partial charge in [0.05, 0.1) is 9.85 Å². The molecule has 34 heavy (non-hydrogen) atoms. The van der Waals surface area contributed by atoms with Crippen LogP contribution < -0.4 is 0 Å². The van der Waals surface area contributed by atoms with Gasteiger partial charge in [0.1, 0.15) is 0 Å². The van der Waals surface area contributed by atoms with Crippen LogP contribution in [-0.4, -0.2) is 51.7 Å². The number of H-pyrrole nitrogens is 2. The van der Waals surface area contributed by atoms with Crippen molar-refractivity contribution in [3.8, 4) is 22.8 Å². The van der Waals surface area contributed by atoms with Crippen molar-refractivity contribution in [3.63, 3.8) is 0 Å². The number of aromatic nitrogens is 6. The van der Waals surface area contributed by atoms with Crippen LogP contribution in [0.3, 0.4) is 0 Å². The molecule has 0 radical (unpaired) electrons. The number of hydrogen-bond donors (Lipinski definition) is 2. The third kappa shape index (κ3) is 5.96. The Morgan fingerprint density at radius 3 is 1.41 bits per heavy atom. The molecule has 0 aliphatic carbocycles. The molecule has 2 N–H and O–H groups in total. The highest BCUT2D eigenvalue weighted by molar-refractivity contribution is 7.99. The first-order chi connectivity index (χ1) is 16.5. The lowest BCUT2D eigenvalue weighted by molar-refractivity contribution is -0.385. The summed E-state index contributed by atoms with van der Waals surface area (Å²) in [6.45, 7) is 0. The quantitative estimate of drug-likeness (QED) is 0.127. The Labute approximate surface area is 201 Å². The van der Waals surface area contributed by atoms with E-state index < -0.39 is 9.85 Å². The van der Waals surface area contributed by atoms with E-state index >= 15 is 0 Å². The molecule has 0 unspecified atom stereocenters. The SMILES string of the molecule is O=[N+]([O-])c1ccc(-c2nc(SCCCCSc3n[nH]c(-c4ccc([N+](=O)[O-])cc4)n3)n[nH]2)cc1. The molecule has 2 aromatic carbocycles. The van der Waals surface area contributed by atoms with Gasteiger partial charge in [0.15, 0.2) is 11.6 Å². The smallest absolute Gasteiger partial charge is 0.258 e. The zero-order chi connectivity index (χ0) is 23.9. The molecule has 2 heterocycles. The number of thioether (sulfide) groups is 2. The minimum absolute atomic E-state index is 0.0309. The highest BCUT2D eigenvalue weighted by Gasteiger charge is 2.11. The van der Waals surface area contributed by atoms with Gasteiger partial charge in [-0.3, -0.25) is 30.4 Å². The van der Waals surface area contributed by atoms with Gasteiger partial charge >= 0.3 is 0 Å². The summed E-state index contributed by atoms with van der Waals surface area (Å²) in [6.07, 6.45) is 1.91. The molecule has 0 bridgehead atoms. The van der Waals surface area contributed by atoms with Crippen molar-refractivity contribution in [2.45, 2.75) is 23.2 Å². The van der Waals surface area contributed by atoms with E-state index in [1.54, 1.807) is 24.3 Å². The van der Waals surface area contributed by atoms with E-state index in [2.05, 4.69) is 30.4 Å². The molecule has 12 nitrogen and oxygen atoms in total. The Morgan fingerprint density at radius 2 is 1.06 bits per heavy atom. The van der Waals surface area contributed by atoms with Crippen LogP contribution in [0.5, 0.6) is 0 Å². The molecule has 14 heteroatoms. The maximum atomic E-state index is 10.8. The molecule has 0 spiro atoms. The van der Waals surface area contributed by atoms with Crippen molar-refractivity contribution < 1.29 is 9.85 Å². The number of aromatic amines is 2. The van der Waals surface area contributed by atoms with Crippen molar-refractivity contribution in [1.29, 1.82) is 0 Å². The molecular formula is C20H18N8O4S2. The molecule has 2 aromatic heterocycles. The number of unbranched alkanes of at least 4 members (excludes halogenated alkanes) is 1. The van der Waals surface area contributed by atoms with Gasteiger partial charge in [0.2, 0.25) is 10.3 Å². The Bertz CT molecular complexity index is 1170. The summed E-state index contributed by atoms with van der Waals surface area (Å²) in [6, 6.07) is 12.3. The molecule has 0 fully saturated rings. The van der Waals surface area contributed by atoms with Crippen LogP contribution in [0.1, 0.15) is 12.8 Å². The lowest BCUT2D eigenvalue weighted by atomic mass is 10.2. The van der Waals surface area contributed by atoms with Crippen LogP contribution in [0.25, 0.3) is 22.8 Å². The molecule has 174 valence electrons.